The summed E-state index contributed by atoms with van der Waals surface area (Å²) in [6.07, 6.45) is 4.58. The molecule has 5 nitrogen and oxygen atoms in total. The number of amides is 1. The van der Waals surface area contributed by atoms with Crippen LogP contribution in [0.15, 0.2) is 11.4 Å². The molecule has 4 rings (SSSR count). The number of hydrogen-bond donors (Lipinski definition) is 1. The predicted octanol–water partition coefficient (Wildman–Crippen LogP) is 5.10. The van der Waals surface area contributed by atoms with Gasteiger partial charge < -0.3 is 5.32 Å². The summed E-state index contributed by atoms with van der Waals surface area (Å²) >= 11 is 4.63. The first-order valence-electron chi connectivity index (χ1n) is 9.16. The maximum Gasteiger partial charge on any atom is 0.235 e. The van der Waals surface area contributed by atoms with Crippen molar-refractivity contribution in [3.05, 3.63) is 32.8 Å². The molecule has 1 unspecified atom stereocenters. The largest absolute Gasteiger partial charge is 0.316 e. The van der Waals surface area contributed by atoms with Crippen molar-refractivity contribution in [1.82, 2.24) is 9.97 Å². The summed E-state index contributed by atoms with van der Waals surface area (Å²) in [6, 6.07) is 2.30. The maximum atomic E-state index is 12.6. The Hall–Kier alpha value is -1.95. The second kappa shape index (κ2) is 7.82. The molecule has 0 saturated heterocycles. The van der Waals surface area contributed by atoms with Gasteiger partial charge in [-0.3, -0.25) is 4.79 Å². The SMILES string of the molecule is Cc1sc2ncnc(SCC(=O)Nc3sc4c(c3C#N)CCC(C)C4)c2c1C. The zero-order valence-corrected chi connectivity index (χ0v) is 18.4. The van der Waals surface area contributed by atoms with E-state index in [2.05, 4.69) is 42.1 Å². The van der Waals surface area contributed by atoms with Gasteiger partial charge in [-0.05, 0) is 50.2 Å². The Bertz CT molecular complexity index is 1110. The summed E-state index contributed by atoms with van der Waals surface area (Å²) in [6.45, 7) is 6.38. The fraction of sp³-hybridized carbons (Fsp3) is 0.400. The van der Waals surface area contributed by atoms with E-state index in [9.17, 15) is 10.1 Å². The van der Waals surface area contributed by atoms with Crippen LogP contribution in [0, 0.1) is 31.1 Å². The average molecular weight is 429 g/mol. The Labute approximate surface area is 176 Å². The number of anilines is 1. The molecular weight excluding hydrogens is 408 g/mol. The number of carbonyl (C=O) groups excluding carboxylic acids is 1. The summed E-state index contributed by atoms with van der Waals surface area (Å²) in [5.74, 6) is 0.781. The summed E-state index contributed by atoms with van der Waals surface area (Å²) in [7, 11) is 0. The number of thiophene rings is 2. The standard InChI is InChI=1S/C20H20N4OS3/c1-10-4-5-13-14(7-21)18(28-15(13)6-10)24-16(25)8-26-19-17-11(2)12(3)27-20(17)23-9-22-19/h9-10H,4-6,8H2,1-3H3,(H,24,25). The molecule has 1 atom stereocenters. The van der Waals surface area contributed by atoms with Gasteiger partial charge in [0.1, 0.15) is 27.3 Å². The van der Waals surface area contributed by atoms with Crippen molar-refractivity contribution in [3.8, 4) is 6.07 Å². The Balaban J connectivity index is 1.50. The van der Waals surface area contributed by atoms with Gasteiger partial charge >= 0.3 is 0 Å². The number of aryl methyl sites for hydroxylation is 2. The quantitative estimate of drug-likeness (QED) is 0.462. The maximum absolute atomic E-state index is 12.6. The Morgan fingerprint density at radius 3 is 3.00 bits per heavy atom. The van der Waals surface area contributed by atoms with Crippen molar-refractivity contribution < 1.29 is 4.79 Å². The van der Waals surface area contributed by atoms with Gasteiger partial charge in [0.2, 0.25) is 5.91 Å². The Morgan fingerprint density at radius 1 is 1.39 bits per heavy atom. The highest BCUT2D eigenvalue weighted by Crippen LogP contribution is 2.39. The number of carbonyl (C=O) groups is 1. The fourth-order valence-corrected chi connectivity index (χ4v) is 6.81. The monoisotopic (exact) mass is 428 g/mol. The number of nitriles is 1. The van der Waals surface area contributed by atoms with E-state index < -0.39 is 0 Å². The van der Waals surface area contributed by atoms with Crippen molar-refractivity contribution in [2.75, 3.05) is 11.1 Å². The third kappa shape index (κ3) is 3.54. The smallest absolute Gasteiger partial charge is 0.235 e. The molecule has 8 heteroatoms. The number of hydrogen-bond acceptors (Lipinski definition) is 7. The average Bonchev–Trinajstić information content (AvgIpc) is 3.16. The topological polar surface area (TPSA) is 78.7 Å². The van der Waals surface area contributed by atoms with E-state index in [-0.39, 0.29) is 11.7 Å². The van der Waals surface area contributed by atoms with Crippen LogP contribution in [0.2, 0.25) is 0 Å². The fourth-order valence-electron chi connectivity index (χ4n) is 3.51. The van der Waals surface area contributed by atoms with Crippen molar-refractivity contribution in [2.45, 2.75) is 45.1 Å². The van der Waals surface area contributed by atoms with Crippen LogP contribution in [-0.2, 0) is 17.6 Å². The number of rotatable bonds is 4. The highest BCUT2D eigenvalue weighted by Gasteiger charge is 2.24. The van der Waals surface area contributed by atoms with Gasteiger partial charge in [0.15, 0.2) is 0 Å². The molecule has 0 aromatic carbocycles. The zero-order valence-electron chi connectivity index (χ0n) is 16.0. The van der Waals surface area contributed by atoms with Crippen LogP contribution in [0.5, 0.6) is 0 Å². The van der Waals surface area contributed by atoms with Gasteiger partial charge in [0, 0.05) is 15.1 Å². The molecule has 144 valence electrons. The second-order valence-corrected chi connectivity index (χ2v) is 10.4. The Kier molecular flexibility index (Phi) is 5.41. The minimum Gasteiger partial charge on any atom is -0.316 e. The van der Waals surface area contributed by atoms with Crippen molar-refractivity contribution in [2.24, 2.45) is 5.92 Å². The van der Waals surface area contributed by atoms with E-state index in [1.165, 1.54) is 27.1 Å². The molecule has 3 heterocycles. The lowest BCUT2D eigenvalue weighted by Crippen LogP contribution is -2.14. The lowest BCUT2D eigenvalue weighted by Gasteiger charge is -2.17. The van der Waals surface area contributed by atoms with E-state index >= 15 is 0 Å². The predicted molar refractivity (Wildman–Crippen MR) is 116 cm³/mol. The first-order chi connectivity index (χ1) is 13.5. The second-order valence-electron chi connectivity index (χ2n) is 7.15. The molecule has 0 radical (unpaired) electrons. The van der Waals surface area contributed by atoms with Crippen LogP contribution in [-0.4, -0.2) is 21.6 Å². The molecule has 0 saturated carbocycles. The minimum absolute atomic E-state index is 0.107. The van der Waals surface area contributed by atoms with Gasteiger partial charge in [-0.2, -0.15) is 5.26 Å². The van der Waals surface area contributed by atoms with Crippen LogP contribution in [0.25, 0.3) is 10.2 Å². The van der Waals surface area contributed by atoms with E-state index in [4.69, 9.17) is 0 Å². The molecule has 1 N–H and O–H groups in total. The highest BCUT2D eigenvalue weighted by atomic mass is 32.2. The lowest BCUT2D eigenvalue weighted by molar-refractivity contribution is -0.113. The van der Waals surface area contributed by atoms with E-state index in [0.717, 1.165) is 40.1 Å². The van der Waals surface area contributed by atoms with Crippen molar-refractivity contribution in [1.29, 1.82) is 5.26 Å². The molecule has 1 aliphatic rings. The summed E-state index contributed by atoms with van der Waals surface area (Å²) in [5.41, 5.74) is 2.96. The normalized spacial score (nSPS) is 16.0. The highest BCUT2D eigenvalue weighted by molar-refractivity contribution is 8.00. The summed E-state index contributed by atoms with van der Waals surface area (Å²) in [5, 5.41) is 15.1. The first-order valence-corrected chi connectivity index (χ1v) is 11.8. The number of aromatic nitrogens is 2. The van der Waals surface area contributed by atoms with Gasteiger partial charge in [-0.1, -0.05) is 18.7 Å². The first kappa shape index (κ1) is 19.4. The van der Waals surface area contributed by atoms with Gasteiger partial charge in [-0.15, -0.1) is 22.7 Å². The van der Waals surface area contributed by atoms with Crippen LogP contribution < -0.4 is 5.32 Å². The van der Waals surface area contributed by atoms with Crippen LogP contribution in [0.4, 0.5) is 5.00 Å². The molecule has 28 heavy (non-hydrogen) atoms. The number of nitrogens with one attached hydrogen (secondary N) is 1. The van der Waals surface area contributed by atoms with Gasteiger partial charge in [0.05, 0.1) is 11.3 Å². The molecule has 0 aliphatic heterocycles. The molecule has 0 fully saturated rings. The molecule has 0 bridgehead atoms. The third-order valence-corrected chi connectivity index (χ3v) is 8.42. The summed E-state index contributed by atoms with van der Waals surface area (Å²) < 4.78 is 0. The van der Waals surface area contributed by atoms with Gasteiger partial charge in [-0.25, -0.2) is 9.97 Å². The number of nitrogens with zero attached hydrogens (tertiary/aromatic N) is 3. The molecule has 1 aliphatic carbocycles. The lowest BCUT2D eigenvalue weighted by atomic mass is 9.89. The third-order valence-electron chi connectivity index (χ3n) is 5.15. The molecule has 0 spiro atoms. The molecule has 3 aromatic heterocycles. The van der Waals surface area contributed by atoms with E-state index in [0.29, 0.717) is 16.5 Å². The molecular formula is C20H20N4OS3. The van der Waals surface area contributed by atoms with Crippen molar-refractivity contribution >= 4 is 55.6 Å². The van der Waals surface area contributed by atoms with E-state index in [1.807, 2.05) is 0 Å². The minimum atomic E-state index is -0.107. The summed E-state index contributed by atoms with van der Waals surface area (Å²) in [4.78, 5) is 24.7. The molecule has 3 aromatic rings. The van der Waals surface area contributed by atoms with Gasteiger partial charge in [0.25, 0.3) is 0 Å². The Morgan fingerprint density at radius 2 is 2.21 bits per heavy atom. The van der Waals surface area contributed by atoms with Crippen LogP contribution >= 0.6 is 34.4 Å². The number of fused-ring (bicyclic) bond motifs is 2. The van der Waals surface area contributed by atoms with Crippen LogP contribution in [0.3, 0.4) is 0 Å². The number of thioether (sulfide) groups is 1. The zero-order chi connectivity index (χ0) is 19.8. The van der Waals surface area contributed by atoms with Crippen molar-refractivity contribution in [3.63, 3.8) is 0 Å². The van der Waals surface area contributed by atoms with E-state index in [1.54, 1.807) is 29.0 Å². The van der Waals surface area contributed by atoms with Crippen LogP contribution in [0.1, 0.15) is 39.8 Å². The molecule has 1 amide bonds.